The summed E-state index contributed by atoms with van der Waals surface area (Å²) in [6.07, 6.45) is 1.71. The Labute approximate surface area is 160 Å². The summed E-state index contributed by atoms with van der Waals surface area (Å²) >= 11 is 0. The zero-order valence-corrected chi connectivity index (χ0v) is 15.4. The second-order valence-corrected chi connectivity index (χ2v) is 6.86. The van der Waals surface area contributed by atoms with Crippen LogP contribution < -0.4 is 16.2 Å². The molecule has 0 radical (unpaired) electrons. The predicted molar refractivity (Wildman–Crippen MR) is 95.5 cm³/mol. The molecule has 0 spiro atoms. The fourth-order valence-corrected chi connectivity index (χ4v) is 2.68. The lowest BCUT2D eigenvalue weighted by Gasteiger charge is -2.08. The highest BCUT2D eigenvalue weighted by molar-refractivity contribution is 5.42. The van der Waals surface area contributed by atoms with Crippen molar-refractivity contribution >= 4 is 11.8 Å². The molecule has 28 heavy (non-hydrogen) atoms. The maximum atomic E-state index is 12.0. The minimum Gasteiger partial charge on any atom is -0.490 e. The number of ether oxygens (including phenoxy) is 2. The van der Waals surface area contributed by atoms with Crippen molar-refractivity contribution in [3.8, 4) is 5.75 Å². The smallest absolute Gasteiger partial charge is 0.421 e. The number of aromatic nitrogens is 4. The number of nitrogen functional groups attached to an aromatic ring is 2. The van der Waals surface area contributed by atoms with Crippen molar-refractivity contribution < 1.29 is 22.6 Å². The Balaban J connectivity index is 0.000000169. The lowest BCUT2D eigenvalue weighted by atomic mass is 10.1. The maximum absolute atomic E-state index is 12.0. The Hall–Kier alpha value is -2.56. The van der Waals surface area contributed by atoms with Gasteiger partial charge in [-0.3, -0.25) is 4.68 Å². The van der Waals surface area contributed by atoms with E-state index in [-0.39, 0.29) is 5.95 Å². The van der Waals surface area contributed by atoms with E-state index in [9.17, 15) is 13.2 Å². The summed E-state index contributed by atoms with van der Waals surface area (Å²) < 4.78 is 49.1. The second kappa shape index (κ2) is 8.21. The number of anilines is 2. The first-order valence-electron chi connectivity index (χ1n) is 8.95. The number of nitrogens with two attached hydrogens (primary N) is 2. The molecule has 1 aliphatic heterocycles. The van der Waals surface area contributed by atoms with Gasteiger partial charge in [0.15, 0.2) is 5.75 Å². The molecule has 0 bridgehead atoms. The topological polar surface area (TPSA) is 114 Å². The molecule has 3 heterocycles. The molecule has 1 unspecified atom stereocenters. The minimum absolute atomic E-state index is 0.277. The Morgan fingerprint density at radius 2 is 2.04 bits per heavy atom. The van der Waals surface area contributed by atoms with Crippen LogP contribution in [0.1, 0.15) is 36.6 Å². The molecule has 4 rings (SSSR count). The molecule has 2 aromatic heterocycles. The van der Waals surface area contributed by atoms with Crippen molar-refractivity contribution in [2.24, 2.45) is 5.92 Å². The molecule has 11 heteroatoms. The monoisotopic (exact) mass is 400 g/mol. The Bertz CT molecular complexity index is 801. The first-order valence-corrected chi connectivity index (χ1v) is 8.95. The fraction of sp³-hybridized carbons (Fsp3) is 0.588. The van der Waals surface area contributed by atoms with E-state index in [1.165, 1.54) is 12.8 Å². The standard InChI is InChI=1S/C12H18N2O2.C5H5F3N4/c1-9-12(6-14(13-9)11-2-3-11)16-8-10-4-5-15-7-10;6-5(7,8)2-1-11-4(10)12-3(2)9/h6,10-11H,2-5,7-8H2,1H3;1H,(H4,9,10,11,12). The van der Waals surface area contributed by atoms with Crippen LogP contribution >= 0.6 is 0 Å². The maximum Gasteiger partial charge on any atom is 0.421 e. The van der Waals surface area contributed by atoms with Gasteiger partial charge in [-0.15, -0.1) is 0 Å². The molecule has 8 nitrogen and oxygen atoms in total. The van der Waals surface area contributed by atoms with Gasteiger partial charge in [-0.1, -0.05) is 0 Å². The molecule has 0 amide bonds. The van der Waals surface area contributed by atoms with Crippen molar-refractivity contribution in [2.75, 3.05) is 31.3 Å². The summed E-state index contributed by atoms with van der Waals surface area (Å²) in [6, 6.07) is 0.630. The summed E-state index contributed by atoms with van der Waals surface area (Å²) in [5.41, 5.74) is 9.89. The van der Waals surface area contributed by atoms with Gasteiger partial charge in [-0.05, 0) is 26.2 Å². The molecule has 4 N–H and O–H groups in total. The molecular weight excluding hydrogens is 377 g/mol. The van der Waals surface area contributed by atoms with Gasteiger partial charge in [-0.2, -0.15) is 23.3 Å². The molecule has 154 valence electrons. The van der Waals surface area contributed by atoms with Crippen LogP contribution in [0.5, 0.6) is 5.75 Å². The highest BCUT2D eigenvalue weighted by atomic mass is 19.4. The zero-order valence-electron chi connectivity index (χ0n) is 15.4. The van der Waals surface area contributed by atoms with Gasteiger partial charge in [0.2, 0.25) is 5.95 Å². The number of nitrogens with zero attached hydrogens (tertiary/aromatic N) is 4. The molecule has 1 saturated heterocycles. The highest BCUT2D eigenvalue weighted by Crippen LogP contribution is 2.36. The van der Waals surface area contributed by atoms with E-state index in [1.807, 2.05) is 13.1 Å². The van der Waals surface area contributed by atoms with Crippen LogP contribution in [0, 0.1) is 12.8 Å². The van der Waals surface area contributed by atoms with Crippen molar-refractivity contribution in [1.29, 1.82) is 0 Å². The quantitative estimate of drug-likeness (QED) is 0.811. The van der Waals surface area contributed by atoms with E-state index in [1.54, 1.807) is 0 Å². The van der Waals surface area contributed by atoms with E-state index < -0.39 is 17.6 Å². The third kappa shape index (κ3) is 5.24. The second-order valence-electron chi connectivity index (χ2n) is 6.86. The third-order valence-electron chi connectivity index (χ3n) is 4.43. The Morgan fingerprint density at radius 3 is 2.61 bits per heavy atom. The van der Waals surface area contributed by atoms with Crippen LogP contribution in [0.4, 0.5) is 24.9 Å². The van der Waals surface area contributed by atoms with Crippen LogP contribution in [0.15, 0.2) is 12.4 Å². The van der Waals surface area contributed by atoms with Gasteiger partial charge >= 0.3 is 6.18 Å². The number of aryl methyl sites for hydroxylation is 1. The first kappa shape index (κ1) is 20.2. The summed E-state index contributed by atoms with van der Waals surface area (Å²) in [5, 5.41) is 4.48. The van der Waals surface area contributed by atoms with Crippen LogP contribution in [0.3, 0.4) is 0 Å². The van der Waals surface area contributed by atoms with Gasteiger partial charge in [0.25, 0.3) is 0 Å². The van der Waals surface area contributed by atoms with Crippen LogP contribution in [-0.4, -0.2) is 39.6 Å². The van der Waals surface area contributed by atoms with Gasteiger partial charge < -0.3 is 20.9 Å². The van der Waals surface area contributed by atoms with E-state index in [2.05, 4.69) is 19.7 Å². The number of halogens is 3. The summed E-state index contributed by atoms with van der Waals surface area (Å²) in [6.45, 7) is 4.50. The molecule has 0 aromatic carbocycles. The molecular formula is C17H23F3N6O2. The fourth-order valence-electron chi connectivity index (χ4n) is 2.68. The number of alkyl halides is 3. The van der Waals surface area contributed by atoms with E-state index in [0.717, 1.165) is 37.7 Å². The SMILES string of the molecule is Cc1nn(C2CC2)cc1OCC1CCOC1.Nc1ncc(C(F)(F)F)c(N)n1. The molecule has 1 atom stereocenters. The van der Waals surface area contributed by atoms with Gasteiger partial charge in [-0.25, -0.2) is 4.98 Å². The van der Waals surface area contributed by atoms with Gasteiger partial charge in [0, 0.05) is 18.7 Å². The Kier molecular flexibility index (Phi) is 5.92. The lowest BCUT2D eigenvalue weighted by molar-refractivity contribution is -0.137. The molecule has 2 fully saturated rings. The summed E-state index contributed by atoms with van der Waals surface area (Å²) in [5.74, 6) is 0.568. The minimum atomic E-state index is -4.53. The number of hydrogen-bond donors (Lipinski definition) is 2. The largest absolute Gasteiger partial charge is 0.490 e. The number of hydrogen-bond acceptors (Lipinski definition) is 7. The Morgan fingerprint density at radius 1 is 1.29 bits per heavy atom. The summed E-state index contributed by atoms with van der Waals surface area (Å²) in [4.78, 5) is 6.34. The van der Waals surface area contributed by atoms with E-state index in [4.69, 9.17) is 20.9 Å². The van der Waals surface area contributed by atoms with E-state index >= 15 is 0 Å². The van der Waals surface area contributed by atoms with Crippen molar-refractivity contribution in [3.63, 3.8) is 0 Å². The third-order valence-corrected chi connectivity index (χ3v) is 4.43. The van der Waals surface area contributed by atoms with Crippen LogP contribution in [0.2, 0.25) is 0 Å². The van der Waals surface area contributed by atoms with Gasteiger partial charge in [0.05, 0.1) is 25.5 Å². The normalized spacial score (nSPS) is 19.2. The van der Waals surface area contributed by atoms with E-state index in [0.29, 0.717) is 18.2 Å². The van der Waals surface area contributed by atoms with Crippen LogP contribution in [-0.2, 0) is 10.9 Å². The van der Waals surface area contributed by atoms with Crippen LogP contribution in [0.25, 0.3) is 0 Å². The predicted octanol–water partition coefficient (Wildman–Crippen LogP) is 2.60. The molecule has 2 aliphatic rings. The van der Waals surface area contributed by atoms with Crippen molar-refractivity contribution in [3.05, 3.63) is 23.7 Å². The average Bonchev–Trinajstić information content (AvgIpc) is 3.19. The lowest BCUT2D eigenvalue weighted by Crippen LogP contribution is -2.12. The highest BCUT2D eigenvalue weighted by Gasteiger charge is 2.34. The number of rotatable bonds is 4. The van der Waals surface area contributed by atoms with Gasteiger partial charge in [0.1, 0.15) is 17.1 Å². The van der Waals surface area contributed by atoms with Crippen molar-refractivity contribution in [2.45, 2.75) is 38.4 Å². The molecule has 1 aliphatic carbocycles. The van der Waals surface area contributed by atoms with Crippen molar-refractivity contribution in [1.82, 2.24) is 19.7 Å². The molecule has 2 aromatic rings. The first-order chi connectivity index (χ1) is 13.2. The summed E-state index contributed by atoms with van der Waals surface area (Å²) in [7, 11) is 0. The zero-order chi connectivity index (χ0) is 20.3. The molecule has 1 saturated carbocycles. The average molecular weight is 400 g/mol.